The molecule has 3 aliphatic heterocycles. The van der Waals surface area contributed by atoms with Gasteiger partial charge in [-0.2, -0.15) is 4.98 Å². The maximum atomic E-state index is 13.3. The third-order valence-electron chi connectivity index (χ3n) is 7.68. The molecule has 2 unspecified atom stereocenters. The zero-order valence-corrected chi connectivity index (χ0v) is 22.1. The Labute approximate surface area is 221 Å². The van der Waals surface area contributed by atoms with Crippen molar-refractivity contribution >= 4 is 52.3 Å². The standard InChI is InChI=1S/C26H29Cl2N7O/c1-15-9-16(7-8-22(15)34-13-17-10-18(34)12-32(17)2)30-26-29-11-19-24(31-26)33(3)14-35(25(19)36)23-20(27)5-4-6-21(23)28/h5,7-9,11,17-18H,4,6,10,12-14H2,1-3H3,(H,29,30,31). The van der Waals surface area contributed by atoms with Crippen LogP contribution in [-0.4, -0.2) is 71.6 Å². The summed E-state index contributed by atoms with van der Waals surface area (Å²) < 4.78 is 0. The minimum Gasteiger partial charge on any atom is -0.365 e. The van der Waals surface area contributed by atoms with Crippen LogP contribution < -0.4 is 15.1 Å². The maximum absolute atomic E-state index is 13.3. The highest BCUT2D eigenvalue weighted by molar-refractivity contribution is 6.36. The lowest BCUT2D eigenvalue weighted by molar-refractivity contribution is 0.0797. The summed E-state index contributed by atoms with van der Waals surface area (Å²) in [5.41, 5.74) is 4.42. The average Bonchev–Trinajstić information content (AvgIpc) is 3.42. The van der Waals surface area contributed by atoms with Crippen molar-refractivity contribution in [2.45, 2.75) is 38.3 Å². The Morgan fingerprint density at radius 2 is 1.97 bits per heavy atom. The molecule has 4 heterocycles. The van der Waals surface area contributed by atoms with Crippen LogP contribution in [0.4, 0.5) is 23.1 Å². The van der Waals surface area contributed by atoms with E-state index in [2.05, 4.69) is 57.3 Å². The van der Waals surface area contributed by atoms with Crippen LogP contribution in [-0.2, 0) is 0 Å². The second-order valence-corrected chi connectivity index (χ2v) is 11.0. The van der Waals surface area contributed by atoms with E-state index in [1.165, 1.54) is 17.7 Å². The second-order valence-electron chi connectivity index (χ2n) is 10.1. The predicted octanol–water partition coefficient (Wildman–Crippen LogP) is 4.64. The molecule has 4 aliphatic rings. The number of allylic oxidation sites excluding steroid dienone is 3. The molecular formula is C26H29Cl2N7O. The molecule has 0 spiro atoms. The van der Waals surface area contributed by atoms with Gasteiger partial charge in [-0.05, 0) is 57.0 Å². The molecular weight excluding hydrogens is 497 g/mol. The second kappa shape index (κ2) is 8.94. The number of aromatic nitrogens is 2. The molecule has 2 bridgehead atoms. The van der Waals surface area contributed by atoms with Gasteiger partial charge < -0.3 is 15.1 Å². The number of likely N-dealkylation sites (N-methyl/N-ethyl adjacent to an activating group) is 1. The van der Waals surface area contributed by atoms with Crippen LogP contribution in [0.25, 0.3) is 0 Å². The lowest BCUT2D eigenvalue weighted by atomic mass is 10.1. The lowest BCUT2D eigenvalue weighted by Crippen LogP contribution is -2.45. The Balaban J connectivity index is 1.22. The summed E-state index contributed by atoms with van der Waals surface area (Å²) in [6.07, 6.45) is 6.15. The number of rotatable bonds is 4. The van der Waals surface area contributed by atoms with Gasteiger partial charge in [-0.25, -0.2) is 4.98 Å². The number of nitrogens with one attached hydrogen (secondary N) is 1. The third kappa shape index (κ3) is 3.92. The Morgan fingerprint density at radius 3 is 2.67 bits per heavy atom. The molecule has 8 nitrogen and oxygen atoms in total. The fourth-order valence-corrected chi connectivity index (χ4v) is 6.51. The monoisotopic (exact) mass is 525 g/mol. The van der Waals surface area contributed by atoms with Gasteiger partial charge in [0.2, 0.25) is 5.95 Å². The van der Waals surface area contributed by atoms with Crippen LogP contribution in [0, 0.1) is 6.92 Å². The number of carbonyl (C=O) groups excluding carboxylic acids is 1. The van der Waals surface area contributed by atoms with Crippen LogP contribution in [0.3, 0.4) is 0 Å². The number of benzene rings is 1. The van der Waals surface area contributed by atoms with E-state index in [1.54, 1.807) is 11.1 Å². The molecule has 0 saturated carbocycles. The van der Waals surface area contributed by atoms with Crippen molar-refractivity contribution in [3.05, 3.63) is 57.4 Å². The SMILES string of the molecule is Cc1cc(Nc2ncc3c(n2)N(C)CN(C2=C(Cl)CCC=C2Cl)C3=O)ccc1N1CC2CC1CN2C. The summed E-state index contributed by atoms with van der Waals surface area (Å²) >= 11 is 12.9. The number of hydrogen-bond acceptors (Lipinski definition) is 7. The van der Waals surface area contributed by atoms with Crippen LogP contribution >= 0.6 is 23.2 Å². The summed E-state index contributed by atoms with van der Waals surface area (Å²) in [4.78, 5) is 31.0. The number of halogens is 2. The zero-order chi connectivity index (χ0) is 25.1. The van der Waals surface area contributed by atoms with Gasteiger partial charge in [-0.15, -0.1) is 0 Å². The van der Waals surface area contributed by atoms with E-state index in [4.69, 9.17) is 23.2 Å². The van der Waals surface area contributed by atoms with Crippen molar-refractivity contribution in [1.29, 1.82) is 0 Å². The smallest absolute Gasteiger partial charge is 0.265 e. The van der Waals surface area contributed by atoms with E-state index < -0.39 is 0 Å². The summed E-state index contributed by atoms with van der Waals surface area (Å²) in [5.74, 6) is 0.817. The number of piperazine rings is 1. The number of carbonyl (C=O) groups is 1. The van der Waals surface area contributed by atoms with Gasteiger partial charge >= 0.3 is 0 Å². The van der Waals surface area contributed by atoms with Gasteiger partial charge in [-0.3, -0.25) is 14.6 Å². The number of anilines is 4. The molecule has 1 N–H and O–H groups in total. The van der Waals surface area contributed by atoms with Crippen molar-refractivity contribution in [2.24, 2.45) is 0 Å². The minimum absolute atomic E-state index is 0.206. The average molecular weight is 526 g/mol. The minimum atomic E-state index is -0.206. The molecule has 1 amide bonds. The van der Waals surface area contributed by atoms with Crippen molar-refractivity contribution in [1.82, 2.24) is 19.8 Å². The molecule has 2 aromatic rings. The number of hydrogen-bond donors (Lipinski definition) is 1. The zero-order valence-electron chi connectivity index (χ0n) is 20.6. The molecule has 2 fully saturated rings. The summed E-state index contributed by atoms with van der Waals surface area (Å²) in [6.45, 7) is 4.67. The molecule has 0 radical (unpaired) electrons. The number of aryl methyl sites for hydroxylation is 1. The number of amides is 1. The van der Waals surface area contributed by atoms with Crippen LogP contribution in [0.15, 0.2) is 46.2 Å². The molecule has 10 heteroatoms. The Hall–Kier alpha value is -2.81. The van der Waals surface area contributed by atoms with Gasteiger partial charge in [0, 0.05) is 54.8 Å². The predicted molar refractivity (Wildman–Crippen MR) is 144 cm³/mol. The Bertz CT molecular complexity index is 1310. The summed E-state index contributed by atoms with van der Waals surface area (Å²) in [7, 11) is 4.11. The first-order valence-electron chi connectivity index (χ1n) is 12.3. The molecule has 2 atom stereocenters. The van der Waals surface area contributed by atoms with E-state index in [9.17, 15) is 4.79 Å². The first-order chi connectivity index (χ1) is 17.3. The number of nitrogens with zero attached hydrogens (tertiary/aromatic N) is 6. The number of likely N-dealkylation sites (tertiary alicyclic amines) is 1. The molecule has 188 valence electrons. The van der Waals surface area contributed by atoms with Crippen molar-refractivity contribution in [2.75, 3.05) is 49.0 Å². The third-order valence-corrected chi connectivity index (χ3v) is 8.38. The first kappa shape index (κ1) is 23.6. The van der Waals surface area contributed by atoms with Crippen LogP contribution in [0.1, 0.15) is 35.2 Å². The van der Waals surface area contributed by atoms with Gasteiger partial charge in [0.1, 0.15) is 11.4 Å². The lowest BCUT2D eigenvalue weighted by Gasteiger charge is -2.37. The van der Waals surface area contributed by atoms with Crippen molar-refractivity contribution in [3.8, 4) is 0 Å². The Kier molecular flexibility index (Phi) is 5.85. The first-order valence-corrected chi connectivity index (χ1v) is 13.0. The summed E-state index contributed by atoms with van der Waals surface area (Å²) in [5, 5.41) is 4.42. The fraction of sp³-hybridized carbons (Fsp3) is 0.423. The molecule has 36 heavy (non-hydrogen) atoms. The molecule has 1 aromatic heterocycles. The highest BCUT2D eigenvalue weighted by atomic mass is 35.5. The van der Waals surface area contributed by atoms with Crippen LogP contribution in [0.2, 0.25) is 0 Å². The Morgan fingerprint density at radius 1 is 1.14 bits per heavy atom. The van der Waals surface area contributed by atoms with Crippen molar-refractivity contribution < 1.29 is 4.79 Å². The van der Waals surface area contributed by atoms with E-state index in [0.29, 0.717) is 58.3 Å². The van der Waals surface area contributed by atoms with E-state index in [-0.39, 0.29) is 5.91 Å². The normalized spacial score (nSPS) is 24.0. The van der Waals surface area contributed by atoms with E-state index in [1.807, 2.05) is 18.0 Å². The largest absolute Gasteiger partial charge is 0.365 e. The van der Waals surface area contributed by atoms with E-state index in [0.717, 1.165) is 25.2 Å². The highest BCUT2D eigenvalue weighted by Gasteiger charge is 2.41. The van der Waals surface area contributed by atoms with Gasteiger partial charge in [-0.1, -0.05) is 29.3 Å². The maximum Gasteiger partial charge on any atom is 0.265 e. The quantitative estimate of drug-likeness (QED) is 0.623. The topological polar surface area (TPSA) is 67.8 Å². The molecule has 2 saturated heterocycles. The fourth-order valence-electron chi connectivity index (χ4n) is 5.83. The number of fused-ring (bicyclic) bond motifs is 3. The van der Waals surface area contributed by atoms with Gasteiger partial charge in [0.05, 0.1) is 17.4 Å². The van der Waals surface area contributed by atoms with Gasteiger partial charge in [0.25, 0.3) is 5.91 Å². The molecule has 6 rings (SSSR count). The highest BCUT2D eigenvalue weighted by Crippen LogP contribution is 2.38. The molecule has 1 aromatic carbocycles. The summed E-state index contributed by atoms with van der Waals surface area (Å²) in [6, 6.07) is 7.64. The van der Waals surface area contributed by atoms with Gasteiger partial charge in [0.15, 0.2) is 0 Å². The molecule has 1 aliphatic carbocycles. The van der Waals surface area contributed by atoms with E-state index >= 15 is 0 Å². The van der Waals surface area contributed by atoms with Crippen LogP contribution in [0.5, 0.6) is 0 Å². The van der Waals surface area contributed by atoms with Crippen molar-refractivity contribution in [3.63, 3.8) is 0 Å².